The van der Waals surface area contributed by atoms with Crippen LogP contribution in [0.2, 0.25) is 0 Å². The number of hydrogen-bond acceptors (Lipinski definition) is 4. The van der Waals surface area contributed by atoms with Crippen molar-refractivity contribution in [2.24, 2.45) is 0 Å². The Bertz CT molecular complexity index is 1160. The number of aromatic nitrogens is 2. The molecule has 142 valence electrons. The Hall–Kier alpha value is -3.32. The Kier molecular flexibility index (Phi) is 4.99. The fourth-order valence-corrected chi connectivity index (χ4v) is 2.98. The molecule has 28 heavy (non-hydrogen) atoms. The third-order valence-corrected chi connectivity index (χ3v) is 4.38. The highest BCUT2D eigenvalue weighted by Crippen LogP contribution is 2.25. The zero-order chi connectivity index (χ0) is 19.5. The molecule has 0 N–H and O–H groups in total. The minimum absolute atomic E-state index is 0.157. The van der Waals surface area contributed by atoms with E-state index in [1.165, 1.54) is 18.2 Å². The first-order chi connectivity index (χ1) is 13.6. The summed E-state index contributed by atoms with van der Waals surface area (Å²) >= 11 is 0. The molecular formula is C21H16F2N2O3. The number of benzene rings is 2. The van der Waals surface area contributed by atoms with E-state index in [-0.39, 0.29) is 12.2 Å². The second kappa shape index (κ2) is 7.74. The van der Waals surface area contributed by atoms with Gasteiger partial charge >= 0.3 is 5.63 Å². The van der Waals surface area contributed by atoms with E-state index in [1.54, 1.807) is 35.4 Å². The Balaban J connectivity index is 1.59. The van der Waals surface area contributed by atoms with E-state index in [4.69, 9.17) is 9.15 Å². The van der Waals surface area contributed by atoms with Crippen molar-refractivity contribution in [1.82, 2.24) is 9.55 Å². The molecule has 2 aromatic carbocycles. The topological polar surface area (TPSA) is 57.3 Å². The molecule has 0 aliphatic carbocycles. The van der Waals surface area contributed by atoms with Crippen LogP contribution in [0.5, 0.6) is 0 Å². The van der Waals surface area contributed by atoms with E-state index >= 15 is 0 Å². The minimum Gasteiger partial charge on any atom is -0.423 e. The first kappa shape index (κ1) is 18.1. The molecule has 7 heteroatoms. The smallest absolute Gasteiger partial charge is 0.336 e. The standard InChI is InChI=1S/C21H16F2N2O3/c22-16-4-5-17(18(23)10-16)20(11-25-8-7-24-13-25)27-12-14-1-2-15-3-6-21(26)28-19(15)9-14/h1-10,13,20H,11-12H2. The van der Waals surface area contributed by atoms with Crippen LogP contribution < -0.4 is 5.63 Å². The van der Waals surface area contributed by atoms with E-state index in [9.17, 15) is 13.6 Å². The van der Waals surface area contributed by atoms with Gasteiger partial charge in [0.05, 0.1) is 19.5 Å². The summed E-state index contributed by atoms with van der Waals surface area (Å²) in [6.45, 7) is 0.468. The lowest BCUT2D eigenvalue weighted by atomic mass is 10.1. The maximum absolute atomic E-state index is 14.3. The zero-order valence-electron chi connectivity index (χ0n) is 14.7. The lowest BCUT2D eigenvalue weighted by Crippen LogP contribution is -2.14. The van der Waals surface area contributed by atoms with Crippen molar-refractivity contribution < 1.29 is 17.9 Å². The van der Waals surface area contributed by atoms with Gasteiger partial charge in [0, 0.05) is 35.5 Å². The number of rotatable bonds is 6. The van der Waals surface area contributed by atoms with Gasteiger partial charge in [0.2, 0.25) is 0 Å². The fourth-order valence-electron chi connectivity index (χ4n) is 2.98. The molecule has 4 aromatic rings. The number of halogens is 2. The first-order valence-electron chi connectivity index (χ1n) is 8.63. The van der Waals surface area contributed by atoms with Gasteiger partial charge in [-0.25, -0.2) is 18.6 Å². The second-order valence-electron chi connectivity index (χ2n) is 6.35. The van der Waals surface area contributed by atoms with Gasteiger partial charge in [0.15, 0.2) is 0 Å². The van der Waals surface area contributed by atoms with Crippen molar-refractivity contribution in [2.45, 2.75) is 19.3 Å². The van der Waals surface area contributed by atoms with E-state index in [2.05, 4.69) is 4.98 Å². The number of ether oxygens (including phenoxy) is 1. The number of fused-ring (bicyclic) bond motifs is 1. The predicted molar refractivity (Wildman–Crippen MR) is 98.6 cm³/mol. The summed E-state index contributed by atoms with van der Waals surface area (Å²) in [6.07, 6.45) is 4.29. The summed E-state index contributed by atoms with van der Waals surface area (Å²) in [5.74, 6) is -1.32. The Morgan fingerprint density at radius 2 is 1.96 bits per heavy atom. The van der Waals surface area contributed by atoms with Crippen LogP contribution >= 0.6 is 0 Å². The van der Waals surface area contributed by atoms with Crippen molar-refractivity contribution in [1.29, 1.82) is 0 Å². The number of imidazole rings is 1. The maximum Gasteiger partial charge on any atom is 0.336 e. The number of hydrogen-bond donors (Lipinski definition) is 0. The highest BCUT2D eigenvalue weighted by molar-refractivity contribution is 5.76. The molecule has 0 fully saturated rings. The summed E-state index contributed by atoms with van der Waals surface area (Å²) in [7, 11) is 0. The van der Waals surface area contributed by atoms with Crippen LogP contribution in [0.1, 0.15) is 17.2 Å². The molecule has 0 aliphatic heterocycles. The summed E-state index contributed by atoms with van der Waals surface area (Å²) in [6, 6.07) is 11.8. The molecule has 0 bridgehead atoms. The summed E-state index contributed by atoms with van der Waals surface area (Å²) in [4.78, 5) is 15.4. The average Bonchev–Trinajstić information content (AvgIpc) is 3.18. The van der Waals surface area contributed by atoms with Crippen molar-refractivity contribution in [3.05, 3.63) is 100 Å². The summed E-state index contributed by atoms with van der Waals surface area (Å²) in [5.41, 5.74) is 1.03. The van der Waals surface area contributed by atoms with Gasteiger partial charge in [0.25, 0.3) is 0 Å². The third kappa shape index (κ3) is 3.99. The molecule has 0 radical (unpaired) electrons. The van der Waals surface area contributed by atoms with Crippen LogP contribution in [0.25, 0.3) is 11.0 Å². The molecule has 0 aliphatic rings. The van der Waals surface area contributed by atoms with Crippen LogP contribution in [0.3, 0.4) is 0 Å². The van der Waals surface area contributed by atoms with E-state index in [0.717, 1.165) is 17.0 Å². The van der Waals surface area contributed by atoms with Gasteiger partial charge in [-0.15, -0.1) is 0 Å². The second-order valence-corrected chi connectivity index (χ2v) is 6.35. The van der Waals surface area contributed by atoms with E-state index in [1.807, 2.05) is 12.1 Å². The Morgan fingerprint density at radius 3 is 2.75 bits per heavy atom. The predicted octanol–water partition coefficient (Wildman–Crippen LogP) is 4.23. The average molecular weight is 382 g/mol. The van der Waals surface area contributed by atoms with Gasteiger partial charge in [-0.05, 0) is 23.8 Å². The summed E-state index contributed by atoms with van der Waals surface area (Å²) in [5, 5.41) is 0.794. The Labute approximate surface area is 158 Å². The van der Waals surface area contributed by atoms with Crippen LogP contribution in [0.4, 0.5) is 8.78 Å². The highest BCUT2D eigenvalue weighted by atomic mass is 19.1. The quantitative estimate of drug-likeness (QED) is 0.469. The molecule has 0 spiro atoms. The fraction of sp³-hybridized carbons (Fsp3) is 0.143. The van der Waals surface area contributed by atoms with Crippen LogP contribution in [0, 0.1) is 11.6 Å². The monoisotopic (exact) mass is 382 g/mol. The van der Waals surface area contributed by atoms with Crippen LogP contribution in [-0.4, -0.2) is 9.55 Å². The lowest BCUT2D eigenvalue weighted by Gasteiger charge is -2.20. The summed E-state index contributed by atoms with van der Waals surface area (Å²) < 4.78 is 40.5. The molecule has 5 nitrogen and oxygen atoms in total. The normalized spacial score (nSPS) is 12.4. The molecule has 0 saturated carbocycles. The molecular weight excluding hydrogens is 366 g/mol. The molecule has 1 unspecified atom stereocenters. The maximum atomic E-state index is 14.3. The highest BCUT2D eigenvalue weighted by Gasteiger charge is 2.18. The van der Waals surface area contributed by atoms with Crippen molar-refractivity contribution >= 4 is 11.0 Å². The van der Waals surface area contributed by atoms with E-state index in [0.29, 0.717) is 12.1 Å². The lowest BCUT2D eigenvalue weighted by molar-refractivity contribution is 0.0256. The Morgan fingerprint density at radius 1 is 1.11 bits per heavy atom. The number of nitrogens with zero attached hydrogens (tertiary/aromatic N) is 2. The minimum atomic E-state index is -0.672. The molecule has 2 heterocycles. The molecule has 4 rings (SSSR count). The third-order valence-electron chi connectivity index (χ3n) is 4.38. The van der Waals surface area contributed by atoms with Crippen LogP contribution in [-0.2, 0) is 17.9 Å². The van der Waals surface area contributed by atoms with Gasteiger partial charge in [0.1, 0.15) is 23.3 Å². The SMILES string of the molecule is O=c1ccc2ccc(COC(Cn3ccnc3)c3ccc(F)cc3F)cc2o1. The van der Waals surface area contributed by atoms with Crippen molar-refractivity contribution in [2.75, 3.05) is 0 Å². The zero-order valence-corrected chi connectivity index (χ0v) is 14.7. The van der Waals surface area contributed by atoms with E-state index < -0.39 is 23.4 Å². The molecule has 0 saturated heterocycles. The van der Waals surface area contributed by atoms with Gasteiger partial charge in [-0.2, -0.15) is 0 Å². The molecule has 1 atom stereocenters. The first-order valence-corrected chi connectivity index (χ1v) is 8.63. The molecule has 0 amide bonds. The van der Waals surface area contributed by atoms with Gasteiger partial charge < -0.3 is 13.7 Å². The van der Waals surface area contributed by atoms with Crippen LogP contribution in [0.15, 0.2) is 76.5 Å². The van der Waals surface area contributed by atoms with Gasteiger partial charge in [-0.3, -0.25) is 0 Å². The van der Waals surface area contributed by atoms with Crippen molar-refractivity contribution in [3.63, 3.8) is 0 Å². The van der Waals surface area contributed by atoms with Crippen molar-refractivity contribution in [3.8, 4) is 0 Å². The largest absolute Gasteiger partial charge is 0.423 e. The van der Waals surface area contributed by atoms with Gasteiger partial charge in [-0.1, -0.05) is 18.2 Å². The molecule has 2 aromatic heterocycles.